The number of carbonyl (C=O) groups excluding carboxylic acids is 1. The minimum atomic E-state index is -4.32. The van der Waals surface area contributed by atoms with Crippen molar-refractivity contribution in [1.29, 1.82) is 10.5 Å². The van der Waals surface area contributed by atoms with Gasteiger partial charge in [-0.15, -0.1) is 34.0 Å². The fourth-order valence-electron chi connectivity index (χ4n) is 7.16. The molecule has 0 spiro atoms. The Balaban J connectivity index is 0.000000191. The molecule has 347 valence electrons. The minimum absolute atomic E-state index is 0. The molecule has 1 saturated heterocycles. The predicted molar refractivity (Wildman–Crippen MR) is 231 cm³/mol. The van der Waals surface area contributed by atoms with Gasteiger partial charge in [-0.25, -0.2) is 29.9 Å². The van der Waals surface area contributed by atoms with Crippen molar-refractivity contribution in [3.05, 3.63) is 108 Å². The third-order valence-corrected chi connectivity index (χ3v) is 13.6. The van der Waals surface area contributed by atoms with Gasteiger partial charge in [0.2, 0.25) is 0 Å². The van der Waals surface area contributed by atoms with Gasteiger partial charge in [0.15, 0.2) is 5.69 Å². The van der Waals surface area contributed by atoms with Crippen LogP contribution in [0.5, 0.6) is 0 Å². The molecule has 11 nitrogen and oxygen atoms in total. The average Bonchev–Trinajstić information content (AvgIpc) is 4.05. The number of hydrogen-bond donors (Lipinski definition) is 0. The minimum Gasteiger partial charge on any atom is -0.335 e. The van der Waals surface area contributed by atoms with Crippen LogP contribution in [-0.2, 0) is 50.8 Å². The maximum atomic E-state index is 13.2. The van der Waals surface area contributed by atoms with Gasteiger partial charge in [0.05, 0.1) is 25.3 Å². The predicted octanol–water partition coefficient (Wildman–Crippen LogP) is 10.6. The second kappa shape index (κ2) is 20.9. The van der Waals surface area contributed by atoms with Gasteiger partial charge in [0.25, 0.3) is 5.91 Å². The molecule has 6 aromatic heterocycles. The van der Waals surface area contributed by atoms with Crippen LogP contribution in [-0.4, -0.2) is 90.3 Å². The number of alkyl halides is 9. The van der Waals surface area contributed by atoms with Gasteiger partial charge in [0.1, 0.15) is 50.4 Å². The quantitative estimate of drug-likeness (QED) is 0.116. The van der Waals surface area contributed by atoms with E-state index in [4.69, 9.17) is 16.9 Å². The maximum absolute atomic E-state index is 13.2. The second-order valence-electron chi connectivity index (χ2n) is 14.8. The maximum Gasteiger partial charge on any atom is 0.393 e. The average molecular weight is 1040 g/mol. The van der Waals surface area contributed by atoms with E-state index >= 15 is 0 Å². The number of fused-ring (bicyclic) bond motifs is 4. The SMILES string of the molecule is Cc1c(CN2CCN(C(=O)c3ncnc4sc(CC(F)(F)F)cc34)CC2)ccc2c1C=C(C#N)C2.FC(F)(F)Cc1cc2c(Cl)ncnc2s1.N#Cc1ncnc2sc(CC(F)(F)F)cc12.[V]. The van der Waals surface area contributed by atoms with Gasteiger partial charge in [-0.3, -0.25) is 9.69 Å². The second-order valence-corrected chi connectivity index (χ2v) is 18.5. The van der Waals surface area contributed by atoms with Crippen LogP contribution in [0.1, 0.15) is 53.1 Å². The fraction of sp³-hybridized carbons (Fsp3) is 0.310. The third-order valence-electron chi connectivity index (χ3n) is 10.1. The molecule has 7 aromatic rings. The van der Waals surface area contributed by atoms with Crippen molar-refractivity contribution in [1.82, 2.24) is 39.7 Å². The van der Waals surface area contributed by atoms with Crippen LogP contribution in [0.3, 0.4) is 0 Å². The zero-order valence-electron chi connectivity index (χ0n) is 34.4. The number of nitriles is 2. The number of allylic oxidation sites excluding steroid dienone is 1. The van der Waals surface area contributed by atoms with Crippen LogP contribution in [0, 0.1) is 29.6 Å². The number of nitrogens with zero attached hydrogens (tertiary/aromatic N) is 10. The van der Waals surface area contributed by atoms with E-state index in [-0.39, 0.29) is 55.6 Å². The molecule has 0 N–H and O–H groups in total. The number of amides is 1. The summed E-state index contributed by atoms with van der Waals surface area (Å²) in [5, 5.41) is 19.3. The molecule has 9 rings (SSSR count). The van der Waals surface area contributed by atoms with Gasteiger partial charge in [0, 0.05) is 94.1 Å². The number of piperazine rings is 1. The van der Waals surface area contributed by atoms with Gasteiger partial charge in [-0.1, -0.05) is 23.7 Å². The van der Waals surface area contributed by atoms with E-state index in [1.165, 1.54) is 53.9 Å². The standard InChI is InChI=1S/C25H22F3N5OS.C9H4F3N3S.C8H4ClF3N2S.V/c1-15-18(3-2-17-8-16(12-29)9-20(15)17)13-32-4-6-33(7-5-32)24(34)22-21-10-19(11-25(26,27)28)35-23(21)31-14-30-22;10-9(11,12)2-5-1-6-7(3-13)14-4-15-8(6)16-5;9-6-5-1-4(2-8(10,11)12)15-7(5)14-3-13-6;/h2-3,9-10,14H,4-8,11,13H2,1H3;1,4H,2H2;1,3H,2H2;. The molecule has 1 fully saturated rings. The van der Waals surface area contributed by atoms with Crippen molar-refractivity contribution in [2.45, 2.75) is 57.7 Å². The smallest absolute Gasteiger partial charge is 0.335 e. The summed E-state index contributed by atoms with van der Waals surface area (Å²) < 4.78 is 111. The number of thiophene rings is 3. The Bertz CT molecular complexity index is 3060. The molecule has 0 saturated carbocycles. The van der Waals surface area contributed by atoms with Crippen LogP contribution >= 0.6 is 45.6 Å². The molecule has 1 radical (unpaired) electrons. The molecule has 25 heteroatoms. The summed E-state index contributed by atoms with van der Waals surface area (Å²) in [6, 6.07) is 12.4. The van der Waals surface area contributed by atoms with E-state index in [2.05, 4.69) is 59.9 Å². The van der Waals surface area contributed by atoms with Gasteiger partial charge in [-0.05, 0) is 53.5 Å². The molecule has 0 unspecified atom stereocenters. The van der Waals surface area contributed by atoms with Crippen molar-refractivity contribution in [2.75, 3.05) is 26.2 Å². The van der Waals surface area contributed by atoms with E-state index in [0.717, 1.165) is 51.7 Å². The Labute approximate surface area is 403 Å². The van der Waals surface area contributed by atoms with Crippen LogP contribution in [0.15, 0.2) is 54.9 Å². The van der Waals surface area contributed by atoms with Crippen LogP contribution < -0.4 is 0 Å². The topological polar surface area (TPSA) is 148 Å². The number of rotatable bonds is 6. The zero-order valence-corrected chi connectivity index (χ0v) is 39.0. The van der Waals surface area contributed by atoms with Crippen LogP contribution in [0.25, 0.3) is 36.7 Å². The summed E-state index contributed by atoms with van der Waals surface area (Å²) in [4.78, 5) is 42.1. The van der Waals surface area contributed by atoms with Crippen molar-refractivity contribution >= 4 is 88.2 Å². The van der Waals surface area contributed by atoms with E-state index < -0.39 is 37.8 Å². The number of benzene rings is 1. The summed E-state index contributed by atoms with van der Waals surface area (Å²) >= 11 is 8.57. The van der Waals surface area contributed by atoms with Crippen molar-refractivity contribution < 1.29 is 62.9 Å². The summed E-state index contributed by atoms with van der Waals surface area (Å²) in [6.45, 7) is 5.20. The van der Waals surface area contributed by atoms with Crippen LogP contribution in [0.4, 0.5) is 39.5 Å². The molecule has 1 aromatic carbocycles. The Morgan fingerprint density at radius 1 is 0.701 bits per heavy atom. The van der Waals surface area contributed by atoms with Gasteiger partial charge >= 0.3 is 18.5 Å². The normalized spacial score (nSPS) is 14.0. The van der Waals surface area contributed by atoms with E-state index in [1.54, 1.807) is 4.90 Å². The number of hydrogen-bond acceptors (Lipinski definition) is 13. The van der Waals surface area contributed by atoms with Crippen molar-refractivity contribution in [2.24, 2.45) is 0 Å². The summed E-state index contributed by atoms with van der Waals surface area (Å²) in [5.41, 5.74) is 5.75. The third kappa shape index (κ3) is 13.0. The van der Waals surface area contributed by atoms with Gasteiger partial charge in [-0.2, -0.15) is 50.0 Å². The van der Waals surface area contributed by atoms with Crippen molar-refractivity contribution in [3.63, 3.8) is 0 Å². The van der Waals surface area contributed by atoms with E-state index in [1.807, 2.05) is 12.1 Å². The first-order valence-electron chi connectivity index (χ1n) is 19.4. The molecule has 0 bridgehead atoms. The molecular weight excluding hydrogens is 1010 g/mol. The monoisotopic (exact) mass is 1040 g/mol. The summed E-state index contributed by atoms with van der Waals surface area (Å²) in [5.74, 6) is -0.281. The Hall–Kier alpha value is -5.27. The first-order valence-corrected chi connectivity index (χ1v) is 22.2. The van der Waals surface area contributed by atoms with Crippen LogP contribution in [0.2, 0.25) is 5.15 Å². The molecule has 7 heterocycles. The Morgan fingerprint density at radius 2 is 1.21 bits per heavy atom. The molecule has 2 aliphatic rings. The molecular formula is C42H30ClF9N10OS3V. The largest absolute Gasteiger partial charge is 0.393 e. The van der Waals surface area contributed by atoms with Gasteiger partial charge < -0.3 is 4.90 Å². The first kappa shape index (κ1) is 51.1. The first-order chi connectivity index (χ1) is 31.2. The Morgan fingerprint density at radius 3 is 1.75 bits per heavy atom. The molecule has 1 amide bonds. The Kier molecular flexibility index (Phi) is 16.0. The zero-order chi connectivity index (χ0) is 47.6. The number of aromatic nitrogens is 6. The molecule has 0 atom stereocenters. The summed E-state index contributed by atoms with van der Waals surface area (Å²) in [7, 11) is 0. The van der Waals surface area contributed by atoms with E-state index in [9.17, 15) is 49.6 Å². The number of halogens is 10. The number of carbonyl (C=O) groups is 1. The molecule has 1 aliphatic heterocycles. The fourth-order valence-corrected chi connectivity index (χ4v) is 10.5. The van der Waals surface area contributed by atoms with E-state index in [0.29, 0.717) is 63.2 Å². The van der Waals surface area contributed by atoms with Crippen molar-refractivity contribution in [3.8, 4) is 12.1 Å². The summed E-state index contributed by atoms with van der Waals surface area (Å²) in [6.07, 6.45) is -9.47. The molecule has 67 heavy (non-hydrogen) atoms. The molecule has 1 aliphatic carbocycles.